The number of nitrogens with two attached hydrogens (primary N) is 1. The van der Waals surface area contributed by atoms with Crippen molar-refractivity contribution < 1.29 is 9.59 Å². The molecule has 25 heavy (non-hydrogen) atoms. The van der Waals surface area contributed by atoms with Crippen molar-refractivity contribution in [2.45, 2.75) is 38.6 Å². The first-order valence-electron chi connectivity index (χ1n) is 9.40. The van der Waals surface area contributed by atoms with Crippen LogP contribution in [0.1, 0.15) is 31.7 Å². The zero-order chi connectivity index (χ0) is 17.8. The molecule has 0 aromatic heterocycles. The van der Waals surface area contributed by atoms with Gasteiger partial charge >= 0.3 is 0 Å². The molecule has 2 heterocycles. The molecule has 136 valence electrons. The van der Waals surface area contributed by atoms with Gasteiger partial charge in [-0.1, -0.05) is 30.3 Å². The van der Waals surface area contributed by atoms with Crippen LogP contribution in [0.15, 0.2) is 30.3 Å². The van der Waals surface area contributed by atoms with Crippen LogP contribution >= 0.6 is 0 Å². The summed E-state index contributed by atoms with van der Waals surface area (Å²) in [7, 11) is 0. The van der Waals surface area contributed by atoms with E-state index >= 15 is 0 Å². The Hall–Kier alpha value is -1.88. The molecule has 2 N–H and O–H groups in total. The lowest BCUT2D eigenvalue weighted by molar-refractivity contribution is -0.137. The van der Waals surface area contributed by atoms with E-state index in [1.807, 2.05) is 17.9 Å². The van der Waals surface area contributed by atoms with Crippen molar-refractivity contribution in [3.05, 3.63) is 35.9 Å². The van der Waals surface area contributed by atoms with Crippen molar-refractivity contribution in [3.63, 3.8) is 0 Å². The van der Waals surface area contributed by atoms with E-state index in [2.05, 4.69) is 29.2 Å². The molecule has 5 nitrogen and oxygen atoms in total. The van der Waals surface area contributed by atoms with E-state index < -0.39 is 0 Å². The maximum absolute atomic E-state index is 12.8. The zero-order valence-electron chi connectivity index (χ0n) is 15.1. The highest BCUT2D eigenvalue weighted by atomic mass is 16.2. The molecule has 0 saturated carbocycles. The van der Waals surface area contributed by atoms with Crippen LogP contribution in [0.2, 0.25) is 0 Å². The number of carbonyl (C=O) groups excluding carboxylic acids is 2. The van der Waals surface area contributed by atoms with Gasteiger partial charge in [-0.25, -0.2) is 0 Å². The van der Waals surface area contributed by atoms with Gasteiger partial charge in [0.2, 0.25) is 11.8 Å². The van der Waals surface area contributed by atoms with E-state index in [0.717, 1.165) is 45.3 Å². The van der Waals surface area contributed by atoms with Gasteiger partial charge in [-0.2, -0.15) is 0 Å². The third-order valence-electron chi connectivity index (χ3n) is 5.82. The number of amides is 2. The predicted molar refractivity (Wildman–Crippen MR) is 97.8 cm³/mol. The quantitative estimate of drug-likeness (QED) is 0.884. The molecule has 1 aromatic rings. The maximum Gasteiger partial charge on any atom is 0.239 e. The first-order chi connectivity index (χ1) is 12.0. The zero-order valence-corrected chi connectivity index (χ0v) is 15.1. The molecule has 0 spiro atoms. The van der Waals surface area contributed by atoms with Crippen molar-refractivity contribution in [1.29, 1.82) is 0 Å². The third kappa shape index (κ3) is 4.40. The van der Waals surface area contributed by atoms with Crippen molar-refractivity contribution in [1.82, 2.24) is 9.80 Å². The van der Waals surface area contributed by atoms with Gasteiger partial charge < -0.3 is 10.6 Å². The minimum Gasteiger partial charge on any atom is -0.369 e. The molecule has 2 atom stereocenters. The molecule has 2 aliphatic heterocycles. The maximum atomic E-state index is 12.8. The topological polar surface area (TPSA) is 66.6 Å². The molecule has 1 aromatic carbocycles. The Labute approximate surface area is 150 Å². The van der Waals surface area contributed by atoms with Gasteiger partial charge in [0.15, 0.2) is 0 Å². The number of hydrogen-bond donors (Lipinski definition) is 1. The monoisotopic (exact) mass is 343 g/mol. The number of piperidine rings is 1. The van der Waals surface area contributed by atoms with Crippen molar-refractivity contribution in [2.75, 3.05) is 26.2 Å². The highest BCUT2D eigenvalue weighted by molar-refractivity contribution is 5.82. The highest BCUT2D eigenvalue weighted by Gasteiger charge is 2.34. The van der Waals surface area contributed by atoms with E-state index in [-0.39, 0.29) is 23.8 Å². The molecule has 2 amide bonds. The molecule has 2 fully saturated rings. The second kappa shape index (κ2) is 8.00. The first kappa shape index (κ1) is 17.9. The van der Waals surface area contributed by atoms with Gasteiger partial charge in [0.05, 0.1) is 12.0 Å². The van der Waals surface area contributed by atoms with Crippen molar-refractivity contribution >= 4 is 11.8 Å². The van der Waals surface area contributed by atoms with Crippen LogP contribution in [-0.2, 0) is 16.0 Å². The molecule has 2 saturated heterocycles. The fourth-order valence-corrected chi connectivity index (χ4v) is 4.10. The molecular formula is C20H29N3O2. The van der Waals surface area contributed by atoms with Gasteiger partial charge in [-0.15, -0.1) is 0 Å². The van der Waals surface area contributed by atoms with Crippen LogP contribution in [0.3, 0.4) is 0 Å². The smallest absolute Gasteiger partial charge is 0.239 e. The van der Waals surface area contributed by atoms with E-state index in [4.69, 9.17) is 5.73 Å². The number of benzene rings is 1. The number of hydrogen-bond acceptors (Lipinski definition) is 3. The Morgan fingerprint density at radius 3 is 2.40 bits per heavy atom. The van der Waals surface area contributed by atoms with Gasteiger partial charge in [0.25, 0.3) is 0 Å². The van der Waals surface area contributed by atoms with Gasteiger partial charge in [-0.3, -0.25) is 14.5 Å². The third-order valence-corrected chi connectivity index (χ3v) is 5.82. The summed E-state index contributed by atoms with van der Waals surface area (Å²) in [5.74, 6) is 0.506. The summed E-state index contributed by atoms with van der Waals surface area (Å²) in [6.07, 6.45) is 4.01. The van der Waals surface area contributed by atoms with E-state index in [0.29, 0.717) is 12.5 Å². The average molecular weight is 343 g/mol. The Bertz CT molecular complexity index is 596. The molecule has 0 bridgehead atoms. The number of likely N-dealkylation sites (tertiary alicyclic amines) is 2. The van der Waals surface area contributed by atoms with Gasteiger partial charge in [-0.05, 0) is 50.6 Å². The van der Waals surface area contributed by atoms with Crippen molar-refractivity contribution in [2.24, 2.45) is 17.6 Å². The van der Waals surface area contributed by atoms with E-state index in [9.17, 15) is 9.59 Å². The van der Waals surface area contributed by atoms with Crippen LogP contribution in [0.25, 0.3) is 0 Å². The average Bonchev–Trinajstić information content (AvgIpc) is 3.12. The molecule has 5 heteroatoms. The lowest BCUT2D eigenvalue weighted by Crippen LogP contribution is -2.49. The second-order valence-electron chi connectivity index (χ2n) is 7.52. The summed E-state index contributed by atoms with van der Waals surface area (Å²) in [6, 6.07) is 10.4. The van der Waals surface area contributed by atoms with Crippen LogP contribution in [0.5, 0.6) is 0 Å². The molecule has 0 radical (unpaired) electrons. The summed E-state index contributed by atoms with van der Waals surface area (Å²) in [5.41, 5.74) is 6.78. The molecule has 0 aliphatic carbocycles. The van der Waals surface area contributed by atoms with Gasteiger partial charge in [0.1, 0.15) is 0 Å². The lowest BCUT2D eigenvalue weighted by Gasteiger charge is -2.35. The first-order valence-corrected chi connectivity index (χ1v) is 9.40. The van der Waals surface area contributed by atoms with Crippen molar-refractivity contribution in [3.8, 4) is 0 Å². The van der Waals surface area contributed by atoms with E-state index in [1.165, 1.54) is 5.56 Å². The van der Waals surface area contributed by atoms with Crippen LogP contribution < -0.4 is 5.73 Å². The molecular weight excluding hydrogens is 314 g/mol. The minimum absolute atomic E-state index is 0.105. The summed E-state index contributed by atoms with van der Waals surface area (Å²) in [6.45, 7) is 5.04. The second-order valence-corrected chi connectivity index (χ2v) is 7.52. The fourth-order valence-electron chi connectivity index (χ4n) is 4.10. The Morgan fingerprint density at radius 2 is 1.80 bits per heavy atom. The predicted octanol–water partition coefficient (Wildman–Crippen LogP) is 1.66. The molecule has 3 rings (SSSR count). The number of primary amides is 1. The number of carbonyl (C=O) groups is 2. The Kier molecular flexibility index (Phi) is 5.74. The number of rotatable bonds is 5. The normalized spacial score (nSPS) is 23.6. The number of nitrogens with zero attached hydrogens (tertiary/aromatic N) is 2. The Balaban J connectivity index is 1.47. The molecule has 2 unspecified atom stereocenters. The minimum atomic E-state index is -0.246. The molecule has 2 aliphatic rings. The summed E-state index contributed by atoms with van der Waals surface area (Å²) in [4.78, 5) is 28.2. The standard InChI is InChI=1S/C20H29N3O2/c1-15(23-12-9-18(14-23)19(21)24)20(25)22-10-7-17(8-11-22)13-16-5-3-2-4-6-16/h2-6,15,17-18H,7-14H2,1H3,(H2,21,24). The summed E-state index contributed by atoms with van der Waals surface area (Å²) in [5, 5.41) is 0. The fraction of sp³-hybridized carbons (Fsp3) is 0.600. The summed E-state index contributed by atoms with van der Waals surface area (Å²) < 4.78 is 0. The largest absolute Gasteiger partial charge is 0.369 e. The summed E-state index contributed by atoms with van der Waals surface area (Å²) >= 11 is 0. The van der Waals surface area contributed by atoms with Crippen LogP contribution in [0, 0.1) is 11.8 Å². The highest BCUT2D eigenvalue weighted by Crippen LogP contribution is 2.24. The SMILES string of the molecule is CC(C(=O)N1CCC(Cc2ccccc2)CC1)N1CCC(C(N)=O)C1. The van der Waals surface area contributed by atoms with Gasteiger partial charge in [0, 0.05) is 19.6 Å². The van der Waals surface area contributed by atoms with Crippen LogP contribution in [0.4, 0.5) is 0 Å². The van der Waals surface area contributed by atoms with Crippen LogP contribution in [-0.4, -0.2) is 53.8 Å². The Morgan fingerprint density at radius 1 is 1.12 bits per heavy atom. The lowest BCUT2D eigenvalue weighted by atomic mass is 9.90. The van der Waals surface area contributed by atoms with E-state index in [1.54, 1.807) is 0 Å².